The average molecular weight is 238 g/mol. The number of hydrogen-bond donors (Lipinski definition) is 0. The van der Waals surface area contributed by atoms with Gasteiger partial charge in [0.25, 0.3) is 0 Å². The number of halogens is 1. The Kier molecular flexibility index (Phi) is 4.40. The predicted octanol–water partition coefficient (Wildman–Crippen LogP) is 3.46. The Morgan fingerprint density at radius 3 is 2.24 bits per heavy atom. The number of benzene rings is 1. The summed E-state index contributed by atoms with van der Waals surface area (Å²) in [7, 11) is 0. The second-order valence-electron chi connectivity index (χ2n) is 5.07. The van der Waals surface area contributed by atoms with E-state index < -0.39 is 6.10 Å². The highest BCUT2D eigenvalue weighted by molar-refractivity contribution is 5.99. The molecular weight excluding hydrogens is 219 g/mol. The molecule has 0 amide bonds. The van der Waals surface area contributed by atoms with Crippen LogP contribution in [0.4, 0.5) is 4.39 Å². The van der Waals surface area contributed by atoms with E-state index in [9.17, 15) is 9.18 Å². The lowest BCUT2D eigenvalue weighted by Crippen LogP contribution is -2.37. The molecule has 17 heavy (non-hydrogen) atoms. The van der Waals surface area contributed by atoms with E-state index in [-0.39, 0.29) is 17.0 Å². The molecule has 0 radical (unpaired) electrons. The summed E-state index contributed by atoms with van der Waals surface area (Å²) in [4.78, 5) is 12.2. The molecule has 0 N–H and O–H groups in total. The van der Waals surface area contributed by atoms with Crippen molar-refractivity contribution >= 4 is 5.78 Å². The van der Waals surface area contributed by atoms with Gasteiger partial charge in [0.1, 0.15) is 11.9 Å². The van der Waals surface area contributed by atoms with E-state index >= 15 is 0 Å². The highest BCUT2D eigenvalue weighted by Gasteiger charge is 2.32. The van der Waals surface area contributed by atoms with Gasteiger partial charge in [-0.05, 0) is 36.6 Å². The van der Waals surface area contributed by atoms with Crippen molar-refractivity contribution in [3.63, 3.8) is 0 Å². The van der Waals surface area contributed by atoms with Crippen LogP contribution in [0, 0.1) is 11.2 Å². The van der Waals surface area contributed by atoms with Crippen LogP contribution < -0.4 is 0 Å². The first-order valence-electron chi connectivity index (χ1n) is 5.77. The van der Waals surface area contributed by atoms with Crippen LogP contribution in [0.2, 0.25) is 0 Å². The molecule has 1 unspecified atom stereocenters. The quantitative estimate of drug-likeness (QED) is 0.751. The zero-order chi connectivity index (χ0) is 13.1. The van der Waals surface area contributed by atoms with E-state index in [1.54, 1.807) is 0 Å². The third kappa shape index (κ3) is 3.63. The summed E-state index contributed by atoms with van der Waals surface area (Å²) in [5, 5.41) is 0. The van der Waals surface area contributed by atoms with Crippen molar-refractivity contribution in [2.24, 2.45) is 5.41 Å². The Morgan fingerprint density at radius 1 is 1.29 bits per heavy atom. The molecule has 0 aliphatic heterocycles. The van der Waals surface area contributed by atoms with Crippen molar-refractivity contribution in [1.29, 1.82) is 0 Å². The fourth-order valence-corrected chi connectivity index (χ4v) is 1.65. The first-order valence-corrected chi connectivity index (χ1v) is 5.77. The third-order valence-corrected chi connectivity index (χ3v) is 2.49. The van der Waals surface area contributed by atoms with Gasteiger partial charge in [-0.25, -0.2) is 4.39 Å². The molecule has 0 saturated heterocycles. The van der Waals surface area contributed by atoms with Crippen molar-refractivity contribution < 1.29 is 13.9 Å². The van der Waals surface area contributed by atoms with Crippen molar-refractivity contribution in [1.82, 2.24) is 0 Å². The van der Waals surface area contributed by atoms with Gasteiger partial charge >= 0.3 is 0 Å². The van der Waals surface area contributed by atoms with Gasteiger partial charge in [-0.2, -0.15) is 0 Å². The number of rotatable bonds is 4. The van der Waals surface area contributed by atoms with Crippen molar-refractivity contribution in [3.8, 4) is 0 Å². The summed E-state index contributed by atoms with van der Waals surface area (Å²) in [5.41, 5.74) is 0.210. The maximum Gasteiger partial charge on any atom is 0.192 e. The molecule has 0 aliphatic carbocycles. The molecule has 0 fully saturated rings. The first kappa shape index (κ1) is 13.8. The van der Waals surface area contributed by atoms with Gasteiger partial charge in [0, 0.05) is 12.2 Å². The minimum Gasteiger partial charge on any atom is -0.370 e. The second-order valence-corrected chi connectivity index (χ2v) is 5.07. The molecule has 1 aromatic carbocycles. The molecule has 0 heterocycles. The van der Waals surface area contributed by atoms with E-state index in [4.69, 9.17) is 4.74 Å². The van der Waals surface area contributed by atoms with Crippen LogP contribution in [0.1, 0.15) is 38.1 Å². The lowest BCUT2D eigenvalue weighted by molar-refractivity contribution is -0.000222. The molecule has 0 spiro atoms. The van der Waals surface area contributed by atoms with Crippen LogP contribution in [-0.4, -0.2) is 18.5 Å². The predicted molar refractivity (Wildman–Crippen MR) is 65.6 cm³/mol. The van der Waals surface area contributed by atoms with Gasteiger partial charge in [0.05, 0.1) is 0 Å². The standard InChI is InChI=1S/C14H19FO2/c1-5-17-13(14(2,3)4)12(16)10-6-8-11(15)9-7-10/h6-9,13H,5H2,1-4H3. The summed E-state index contributed by atoms with van der Waals surface area (Å²) in [5.74, 6) is -0.440. The Morgan fingerprint density at radius 2 is 1.82 bits per heavy atom. The summed E-state index contributed by atoms with van der Waals surface area (Å²) in [6, 6.07) is 5.57. The average Bonchev–Trinajstić information content (AvgIpc) is 2.24. The molecule has 1 rings (SSSR count). The van der Waals surface area contributed by atoms with Gasteiger partial charge in [-0.1, -0.05) is 20.8 Å². The fourth-order valence-electron chi connectivity index (χ4n) is 1.65. The molecule has 1 atom stereocenters. The maximum atomic E-state index is 12.8. The Hall–Kier alpha value is -1.22. The van der Waals surface area contributed by atoms with Crippen molar-refractivity contribution in [2.45, 2.75) is 33.8 Å². The molecule has 0 aromatic heterocycles. The van der Waals surface area contributed by atoms with Crippen molar-refractivity contribution in [2.75, 3.05) is 6.61 Å². The van der Waals surface area contributed by atoms with Crippen LogP contribution in [0.25, 0.3) is 0 Å². The van der Waals surface area contributed by atoms with Gasteiger partial charge in [0.15, 0.2) is 5.78 Å². The summed E-state index contributed by atoms with van der Waals surface area (Å²) in [6.45, 7) is 8.20. The summed E-state index contributed by atoms with van der Waals surface area (Å²) < 4.78 is 18.3. The zero-order valence-corrected chi connectivity index (χ0v) is 10.8. The van der Waals surface area contributed by atoms with E-state index in [0.717, 1.165) is 0 Å². The minimum absolute atomic E-state index is 0.0978. The molecule has 94 valence electrons. The Labute approximate surface area is 102 Å². The SMILES string of the molecule is CCOC(C(=O)c1ccc(F)cc1)C(C)(C)C. The fraction of sp³-hybridized carbons (Fsp3) is 0.500. The van der Waals surface area contributed by atoms with Crippen molar-refractivity contribution in [3.05, 3.63) is 35.6 Å². The lowest BCUT2D eigenvalue weighted by Gasteiger charge is -2.29. The monoisotopic (exact) mass is 238 g/mol. The molecule has 0 bridgehead atoms. The van der Waals surface area contributed by atoms with Gasteiger partial charge < -0.3 is 4.74 Å². The normalized spacial score (nSPS) is 13.5. The van der Waals surface area contributed by atoms with Crippen LogP contribution in [-0.2, 0) is 4.74 Å². The van der Waals surface area contributed by atoms with E-state index in [2.05, 4.69) is 0 Å². The molecule has 2 nitrogen and oxygen atoms in total. The summed E-state index contributed by atoms with van der Waals surface area (Å²) in [6.07, 6.45) is -0.502. The van der Waals surface area contributed by atoms with E-state index in [1.807, 2.05) is 27.7 Å². The van der Waals surface area contributed by atoms with Gasteiger partial charge in [-0.3, -0.25) is 4.79 Å². The molecule has 0 aliphatic rings. The Bertz CT molecular complexity index is 376. The number of hydrogen-bond acceptors (Lipinski definition) is 2. The molecular formula is C14H19FO2. The lowest BCUT2D eigenvalue weighted by atomic mass is 9.84. The second kappa shape index (κ2) is 5.41. The third-order valence-electron chi connectivity index (χ3n) is 2.49. The van der Waals surface area contributed by atoms with Crippen LogP contribution in [0.3, 0.4) is 0 Å². The smallest absolute Gasteiger partial charge is 0.192 e. The number of ketones is 1. The van der Waals surface area contributed by atoms with Gasteiger partial charge in [-0.15, -0.1) is 0 Å². The van der Waals surface area contributed by atoms with E-state index in [0.29, 0.717) is 12.2 Å². The minimum atomic E-state index is -0.502. The number of ether oxygens (including phenoxy) is 1. The largest absolute Gasteiger partial charge is 0.370 e. The summed E-state index contributed by atoms with van der Waals surface area (Å²) >= 11 is 0. The first-order chi connectivity index (χ1) is 7.86. The number of carbonyl (C=O) groups excluding carboxylic acids is 1. The molecule has 1 aromatic rings. The maximum absolute atomic E-state index is 12.8. The highest BCUT2D eigenvalue weighted by Crippen LogP contribution is 2.25. The van der Waals surface area contributed by atoms with Crippen LogP contribution in [0.15, 0.2) is 24.3 Å². The van der Waals surface area contributed by atoms with E-state index in [1.165, 1.54) is 24.3 Å². The highest BCUT2D eigenvalue weighted by atomic mass is 19.1. The molecule has 3 heteroatoms. The van der Waals surface area contributed by atoms with Crippen LogP contribution >= 0.6 is 0 Å². The molecule has 0 saturated carbocycles. The van der Waals surface area contributed by atoms with Gasteiger partial charge in [0.2, 0.25) is 0 Å². The number of Topliss-reactive ketones (excluding diaryl/α,β-unsaturated/α-hetero) is 1. The Balaban J connectivity index is 2.96. The number of carbonyl (C=O) groups is 1. The van der Waals surface area contributed by atoms with Crippen LogP contribution in [0.5, 0.6) is 0 Å². The topological polar surface area (TPSA) is 26.3 Å². The zero-order valence-electron chi connectivity index (χ0n) is 10.8.